The molecule has 0 radical (unpaired) electrons. The van der Waals surface area contributed by atoms with Crippen LogP contribution in [0.5, 0.6) is 0 Å². The zero-order chi connectivity index (χ0) is 19.7. The average Bonchev–Trinajstić information content (AvgIpc) is 3.14. The van der Waals surface area contributed by atoms with E-state index in [1.807, 2.05) is 23.9 Å². The molecule has 1 atom stereocenters. The average molecular weight is 396 g/mol. The van der Waals surface area contributed by atoms with E-state index in [0.717, 1.165) is 36.2 Å². The van der Waals surface area contributed by atoms with Gasteiger partial charge in [-0.1, -0.05) is 31.2 Å². The van der Waals surface area contributed by atoms with Crippen molar-refractivity contribution in [3.05, 3.63) is 66.1 Å². The number of aryl methyl sites for hydroxylation is 2. The minimum Gasteiger partial charge on any atom is -0.378 e. The van der Waals surface area contributed by atoms with Crippen molar-refractivity contribution in [2.75, 3.05) is 11.1 Å². The molecule has 0 saturated carbocycles. The van der Waals surface area contributed by atoms with Crippen molar-refractivity contribution in [1.29, 1.82) is 0 Å². The third kappa shape index (κ3) is 3.56. The monoisotopic (exact) mass is 395 g/mol. The Bertz CT molecular complexity index is 1100. The van der Waals surface area contributed by atoms with Crippen LogP contribution in [-0.2, 0) is 23.3 Å². The van der Waals surface area contributed by atoms with Crippen molar-refractivity contribution in [3.8, 4) is 11.3 Å². The van der Waals surface area contributed by atoms with Crippen LogP contribution in [0.25, 0.3) is 11.3 Å². The predicted octanol–water partition coefficient (Wildman–Crippen LogP) is 4.37. The lowest BCUT2D eigenvalue weighted by Crippen LogP contribution is -2.18. The second-order valence-corrected chi connectivity index (χ2v) is 9.60. The van der Waals surface area contributed by atoms with E-state index in [-0.39, 0.29) is 11.8 Å². The largest absolute Gasteiger partial charge is 0.378 e. The van der Waals surface area contributed by atoms with E-state index >= 15 is 0 Å². The number of nitrogens with zero attached hydrogens (tertiary/aromatic N) is 2. The van der Waals surface area contributed by atoms with Crippen LogP contribution in [0.3, 0.4) is 0 Å². The van der Waals surface area contributed by atoms with Crippen molar-refractivity contribution in [1.82, 2.24) is 9.55 Å². The second kappa shape index (κ2) is 7.43. The fraction of sp³-hybridized carbons (Fsp3) is 0.318. The highest BCUT2D eigenvalue weighted by Gasteiger charge is 2.22. The van der Waals surface area contributed by atoms with Gasteiger partial charge in [-0.05, 0) is 48.6 Å². The Morgan fingerprint density at radius 2 is 2.04 bits per heavy atom. The first-order valence-electron chi connectivity index (χ1n) is 9.67. The number of imidazole rings is 1. The molecule has 0 bridgehead atoms. The zero-order valence-electron chi connectivity index (χ0n) is 16.2. The molecule has 2 aromatic carbocycles. The molecule has 1 aliphatic rings. The van der Waals surface area contributed by atoms with E-state index in [4.69, 9.17) is 0 Å². The minimum atomic E-state index is -3.28. The third-order valence-corrected chi connectivity index (χ3v) is 7.14. The topological polar surface area (TPSA) is 64.0 Å². The molecule has 28 heavy (non-hydrogen) atoms. The van der Waals surface area contributed by atoms with Gasteiger partial charge in [-0.25, -0.2) is 13.4 Å². The van der Waals surface area contributed by atoms with Crippen molar-refractivity contribution >= 4 is 15.5 Å². The van der Waals surface area contributed by atoms with Crippen LogP contribution >= 0.6 is 0 Å². The predicted molar refractivity (Wildman–Crippen MR) is 112 cm³/mol. The number of hydrogen-bond donors (Lipinski definition) is 1. The molecular weight excluding hydrogens is 370 g/mol. The SMILES string of the molecule is CCS(=O)(=O)c1ccc(N[C@H]2CCCc3ccccc32)c(-c2cn(C)cn2)c1. The summed E-state index contributed by atoms with van der Waals surface area (Å²) in [6.45, 7) is 1.67. The molecule has 1 aliphatic carbocycles. The van der Waals surface area contributed by atoms with Crippen molar-refractivity contribution < 1.29 is 8.42 Å². The van der Waals surface area contributed by atoms with Gasteiger partial charge < -0.3 is 9.88 Å². The maximum absolute atomic E-state index is 12.4. The van der Waals surface area contributed by atoms with Gasteiger partial charge in [0.15, 0.2) is 9.84 Å². The van der Waals surface area contributed by atoms with Gasteiger partial charge in [-0.3, -0.25) is 0 Å². The molecule has 3 aromatic rings. The van der Waals surface area contributed by atoms with E-state index in [1.165, 1.54) is 11.1 Å². The van der Waals surface area contributed by atoms with Crippen LogP contribution in [0.15, 0.2) is 59.9 Å². The summed E-state index contributed by atoms with van der Waals surface area (Å²) >= 11 is 0. The maximum Gasteiger partial charge on any atom is 0.178 e. The van der Waals surface area contributed by atoms with E-state index in [9.17, 15) is 8.42 Å². The Morgan fingerprint density at radius 1 is 1.21 bits per heavy atom. The summed E-state index contributed by atoms with van der Waals surface area (Å²) in [6.07, 6.45) is 6.94. The summed E-state index contributed by atoms with van der Waals surface area (Å²) in [4.78, 5) is 4.80. The Hall–Kier alpha value is -2.60. The zero-order valence-corrected chi connectivity index (χ0v) is 17.0. The van der Waals surface area contributed by atoms with Crippen LogP contribution in [-0.4, -0.2) is 23.7 Å². The molecule has 1 aromatic heterocycles. The van der Waals surface area contributed by atoms with Crippen molar-refractivity contribution in [2.45, 2.75) is 37.1 Å². The first-order valence-corrected chi connectivity index (χ1v) is 11.3. The maximum atomic E-state index is 12.4. The summed E-state index contributed by atoms with van der Waals surface area (Å²) in [5.74, 6) is 0.0808. The summed E-state index contributed by atoms with van der Waals surface area (Å²) in [6, 6.07) is 14.1. The molecule has 0 fully saturated rings. The molecular formula is C22H25N3O2S. The summed E-state index contributed by atoms with van der Waals surface area (Å²) in [5.41, 5.74) is 5.21. The number of fused-ring (bicyclic) bond motifs is 1. The molecule has 0 spiro atoms. The summed E-state index contributed by atoms with van der Waals surface area (Å²) in [5, 5.41) is 3.67. The highest BCUT2D eigenvalue weighted by molar-refractivity contribution is 7.91. The standard InChI is InChI=1S/C22H25N3O2S/c1-3-28(26,27)17-11-12-21(19(13-17)22-14-25(2)15-23-22)24-20-10-6-8-16-7-4-5-9-18(16)20/h4-5,7,9,11-15,20,24H,3,6,8,10H2,1-2H3/t20-/m0/s1. The third-order valence-electron chi connectivity index (χ3n) is 5.41. The fourth-order valence-corrected chi connectivity index (χ4v) is 4.77. The molecule has 0 amide bonds. The van der Waals surface area contributed by atoms with Crippen LogP contribution in [0, 0.1) is 0 Å². The smallest absolute Gasteiger partial charge is 0.178 e. The number of nitrogens with one attached hydrogen (secondary N) is 1. The number of anilines is 1. The summed E-state index contributed by atoms with van der Waals surface area (Å²) in [7, 11) is -1.37. The lowest BCUT2D eigenvalue weighted by molar-refractivity contribution is 0.597. The lowest BCUT2D eigenvalue weighted by atomic mass is 9.87. The molecule has 146 valence electrons. The normalized spacial score (nSPS) is 16.6. The molecule has 5 nitrogen and oxygen atoms in total. The van der Waals surface area contributed by atoms with E-state index < -0.39 is 9.84 Å². The first-order chi connectivity index (χ1) is 13.5. The number of sulfone groups is 1. The highest BCUT2D eigenvalue weighted by Crippen LogP contribution is 2.36. The van der Waals surface area contributed by atoms with Gasteiger partial charge in [0.2, 0.25) is 0 Å². The molecule has 1 heterocycles. The lowest BCUT2D eigenvalue weighted by Gasteiger charge is -2.28. The van der Waals surface area contributed by atoms with Gasteiger partial charge in [0.1, 0.15) is 0 Å². The van der Waals surface area contributed by atoms with Gasteiger partial charge in [0, 0.05) is 24.5 Å². The van der Waals surface area contributed by atoms with Gasteiger partial charge in [-0.2, -0.15) is 0 Å². The number of rotatable bonds is 5. The van der Waals surface area contributed by atoms with E-state index in [1.54, 1.807) is 25.4 Å². The van der Waals surface area contributed by atoms with Crippen LogP contribution in [0.4, 0.5) is 5.69 Å². The van der Waals surface area contributed by atoms with Gasteiger partial charge in [0.25, 0.3) is 0 Å². The fourth-order valence-electron chi connectivity index (χ4n) is 3.86. The van der Waals surface area contributed by atoms with Crippen LogP contribution in [0.1, 0.15) is 36.9 Å². The van der Waals surface area contributed by atoms with Crippen LogP contribution in [0.2, 0.25) is 0 Å². The molecule has 0 saturated heterocycles. The van der Waals surface area contributed by atoms with E-state index in [2.05, 4.69) is 34.6 Å². The van der Waals surface area contributed by atoms with Gasteiger partial charge in [-0.15, -0.1) is 0 Å². The minimum absolute atomic E-state index is 0.0808. The molecule has 6 heteroatoms. The number of hydrogen-bond acceptors (Lipinski definition) is 4. The van der Waals surface area contributed by atoms with Gasteiger partial charge >= 0.3 is 0 Å². The Morgan fingerprint density at radius 3 is 2.79 bits per heavy atom. The van der Waals surface area contributed by atoms with Gasteiger partial charge in [0.05, 0.1) is 28.7 Å². The molecule has 0 aliphatic heterocycles. The van der Waals surface area contributed by atoms with Crippen molar-refractivity contribution in [2.24, 2.45) is 7.05 Å². The first kappa shape index (κ1) is 18.7. The Kier molecular flexibility index (Phi) is 4.98. The summed E-state index contributed by atoms with van der Waals surface area (Å²) < 4.78 is 26.7. The van der Waals surface area contributed by atoms with Crippen LogP contribution < -0.4 is 5.32 Å². The molecule has 1 N–H and O–H groups in total. The molecule has 4 rings (SSSR count). The Labute approximate surface area is 166 Å². The quantitative estimate of drug-likeness (QED) is 0.697. The second-order valence-electron chi connectivity index (χ2n) is 7.32. The molecule has 0 unspecified atom stereocenters. The Balaban J connectivity index is 1.77. The van der Waals surface area contributed by atoms with E-state index in [0.29, 0.717) is 4.90 Å². The van der Waals surface area contributed by atoms with Crippen molar-refractivity contribution in [3.63, 3.8) is 0 Å². The number of aromatic nitrogens is 2. The highest BCUT2D eigenvalue weighted by atomic mass is 32.2. The number of benzene rings is 2.